The van der Waals surface area contributed by atoms with Crippen molar-refractivity contribution in [1.29, 1.82) is 5.26 Å². The zero-order chi connectivity index (χ0) is 17.4. The lowest BCUT2D eigenvalue weighted by Gasteiger charge is -2.06. The number of rotatable bonds is 6. The SMILES string of the molecule is CCOc1ccc(/C=C(\C#N)C(=O)Nc2ccc(CC)cc2)cc1. The van der Waals surface area contributed by atoms with Gasteiger partial charge in [0.2, 0.25) is 0 Å². The number of ether oxygens (including phenoxy) is 1. The van der Waals surface area contributed by atoms with E-state index < -0.39 is 5.91 Å². The van der Waals surface area contributed by atoms with Gasteiger partial charge < -0.3 is 10.1 Å². The third-order valence-corrected chi connectivity index (χ3v) is 3.49. The first-order valence-electron chi connectivity index (χ1n) is 7.91. The maximum Gasteiger partial charge on any atom is 0.266 e. The Balaban J connectivity index is 2.11. The molecule has 4 nitrogen and oxygen atoms in total. The number of nitriles is 1. The molecule has 0 fully saturated rings. The van der Waals surface area contributed by atoms with Crippen molar-refractivity contribution in [2.75, 3.05) is 11.9 Å². The van der Waals surface area contributed by atoms with Crippen LogP contribution in [0.25, 0.3) is 6.08 Å². The van der Waals surface area contributed by atoms with Crippen LogP contribution in [0.15, 0.2) is 54.1 Å². The van der Waals surface area contributed by atoms with Gasteiger partial charge in [0.15, 0.2) is 0 Å². The number of anilines is 1. The molecule has 0 aliphatic heterocycles. The summed E-state index contributed by atoms with van der Waals surface area (Å²) in [5.41, 5.74) is 2.69. The number of carbonyl (C=O) groups is 1. The molecule has 2 rings (SSSR count). The molecule has 0 heterocycles. The second-order valence-corrected chi connectivity index (χ2v) is 5.18. The summed E-state index contributed by atoms with van der Waals surface area (Å²) in [6.07, 6.45) is 2.50. The van der Waals surface area contributed by atoms with Crippen LogP contribution in [0, 0.1) is 11.3 Å². The smallest absolute Gasteiger partial charge is 0.266 e. The number of nitrogens with one attached hydrogen (secondary N) is 1. The predicted octanol–water partition coefficient (Wildman–Crippen LogP) is 4.19. The number of nitrogens with zero attached hydrogens (tertiary/aromatic N) is 1. The van der Waals surface area contributed by atoms with Crippen molar-refractivity contribution in [2.45, 2.75) is 20.3 Å². The highest BCUT2D eigenvalue weighted by atomic mass is 16.5. The summed E-state index contributed by atoms with van der Waals surface area (Å²) >= 11 is 0. The monoisotopic (exact) mass is 320 g/mol. The number of hydrogen-bond donors (Lipinski definition) is 1. The van der Waals surface area contributed by atoms with E-state index in [1.165, 1.54) is 5.56 Å². The van der Waals surface area contributed by atoms with Gasteiger partial charge in [0.1, 0.15) is 17.4 Å². The molecule has 0 unspecified atom stereocenters. The zero-order valence-corrected chi connectivity index (χ0v) is 13.9. The Bertz CT molecular complexity index is 754. The normalized spacial score (nSPS) is 10.8. The molecule has 0 bridgehead atoms. The highest BCUT2D eigenvalue weighted by Gasteiger charge is 2.09. The summed E-state index contributed by atoms with van der Waals surface area (Å²) < 4.78 is 5.37. The van der Waals surface area contributed by atoms with Crippen LogP contribution in [0.1, 0.15) is 25.0 Å². The van der Waals surface area contributed by atoms with Gasteiger partial charge in [-0.3, -0.25) is 4.79 Å². The molecular formula is C20H20N2O2. The first-order valence-corrected chi connectivity index (χ1v) is 7.91. The minimum absolute atomic E-state index is 0.0544. The van der Waals surface area contributed by atoms with Crippen LogP contribution in [-0.2, 0) is 11.2 Å². The number of amides is 1. The first kappa shape index (κ1) is 17.3. The van der Waals surface area contributed by atoms with Crippen LogP contribution in [0.3, 0.4) is 0 Å². The molecule has 0 spiro atoms. The third kappa shape index (κ3) is 4.72. The molecule has 0 saturated heterocycles. The number of benzene rings is 2. The third-order valence-electron chi connectivity index (χ3n) is 3.49. The minimum Gasteiger partial charge on any atom is -0.494 e. The summed E-state index contributed by atoms with van der Waals surface area (Å²) in [6.45, 7) is 4.58. The average Bonchev–Trinajstić information content (AvgIpc) is 2.62. The van der Waals surface area contributed by atoms with Gasteiger partial charge >= 0.3 is 0 Å². The van der Waals surface area contributed by atoms with Crippen molar-refractivity contribution in [2.24, 2.45) is 0 Å². The second kappa shape index (κ2) is 8.54. The molecule has 0 radical (unpaired) electrons. The minimum atomic E-state index is -0.421. The van der Waals surface area contributed by atoms with E-state index in [4.69, 9.17) is 4.74 Å². The molecule has 1 amide bonds. The fraction of sp³-hybridized carbons (Fsp3) is 0.200. The number of carbonyl (C=O) groups excluding carboxylic acids is 1. The van der Waals surface area contributed by atoms with Crippen molar-refractivity contribution >= 4 is 17.7 Å². The van der Waals surface area contributed by atoms with E-state index in [1.54, 1.807) is 6.08 Å². The van der Waals surface area contributed by atoms with Crippen LogP contribution in [0.2, 0.25) is 0 Å². The lowest BCUT2D eigenvalue weighted by Crippen LogP contribution is -2.13. The molecule has 0 saturated carbocycles. The molecular weight excluding hydrogens is 300 g/mol. The highest BCUT2D eigenvalue weighted by molar-refractivity contribution is 6.09. The molecule has 122 valence electrons. The lowest BCUT2D eigenvalue weighted by atomic mass is 10.1. The van der Waals surface area contributed by atoms with Gasteiger partial charge in [-0.25, -0.2) is 0 Å². The van der Waals surface area contributed by atoms with E-state index in [0.29, 0.717) is 12.3 Å². The van der Waals surface area contributed by atoms with Crippen molar-refractivity contribution in [3.8, 4) is 11.8 Å². The summed E-state index contributed by atoms with van der Waals surface area (Å²) in [5, 5.41) is 12.0. The van der Waals surface area contributed by atoms with E-state index in [-0.39, 0.29) is 5.57 Å². The van der Waals surface area contributed by atoms with Gasteiger partial charge in [-0.05, 0) is 54.8 Å². The molecule has 0 atom stereocenters. The zero-order valence-electron chi connectivity index (χ0n) is 13.9. The number of hydrogen-bond acceptors (Lipinski definition) is 3. The van der Waals surface area contributed by atoms with E-state index in [2.05, 4.69) is 12.2 Å². The predicted molar refractivity (Wildman–Crippen MR) is 95.7 cm³/mol. The summed E-state index contributed by atoms with van der Waals surface area (Å²) in [7, 11) is 0. The second-order valence-electron chi connectivity index (χ2n) is 5.18. The maximum absolute atomic E-state index is 12.2. The van der Waals surface area contributed by atoms with Crippen molar-refractivity contribution in [3.63, 3.8) is 0 Å². The van der Waals surface area contributed by atoms with Gasteiger partial charge in [-0.15, -0.1) is 0 Å². The van der Waals surface area contributed by atoms with E-state index in [0.717, 1.165) is 17.7 Å². The van der Waals surface area contributed by atoms with Crippen molar-refractivity contribution in [1.82, 2.24) is 0 Å². The van der Waals surface area contributed by atoms with Crippen LogP contribution in [-0.4, -0.2) is 12.5 Å². The topological polar surface area (TPSA) is 62.1 Å². The van der Waals surface area contributed by atoms with Crippen LogP contribution in [0.4, 0.5) is 5.69 Å². The van der Waals surface area contributed by atoms with Gasteiger partial charge in [0, 0.05) is 5.69 Å². The summed E-state index contributed by atoms with van der Waals surface area (Å²) in [6, 6.07) is 16.8. The molecule has 4 heteroatoms. The molecule has 0 aliphatic carbocycles. The Kier molecular flexibility index (Phi) is 6.16. The van der Waals surface area contributed by atoms with E-state index >= 15 is 0 Å². The molecule has 2 aromatic rings. The summed E-state index contributed by atoms with van der Waals surface area (Å²) in [5.74, 6) is 0.337. The maximum atomic E-state index is 12.2. The average molecular weight is 320 g/mol. The highest BCUT2D eigenvalue weighted by Crippen LogP contribution is 2.16. The lowest BCUT2D eigenvalue weighted by molar-refractivity contribution is -0.112. The Morgan fingerprint density at radius 1 is 1.12 bits per heavy atom. The van der Waals surface area contributed by atoms with Crippen LogP contribution < -0.4 is 10.1 Å². The van der Waals surface area contributed by atoms with Gasteiger partial charge in [-0.1, -0.05) is 31.2 Å². The molecule has 0 aliphatic rings. The molecule has 1 N–H and O–H groups in total. The largest absolute Gasteiger partial charge is 0.494 e. The Hall–Kier alpha value is -3.06. The van der Waals surface area contributed by atoms with Crippen molar-refractivity contribution < 1.29 is 9.53 Å². The van der Waals surface area contributed by atoms with Gasteiger partial charge in [-0.2, -0.15) is 5.26 Å². The Morgan fingerprint density at radius 2 is 1.79 bits per heavy atom. The molecule has 24 heavy (non-hydrogen) atoms. The number of aryl methyl sites for hydroxylation is 1. The summed E-state index contributed by atoms with van der Waals surface area (Å²) in [4.78, 5) is 12.2. The fourth-order valence-corrected chi connectivity index (χ4v) is 2.16. The van der Waals surface area contributed by atoms with Gasteiger partial charge in [0.05, 0.1) is 6.61 Å². The fourth-order valence-electron chi connectivity index (χ4n) is 2.16. The van der Waals surface area contributed by atoms with Crippen molar-refractivity contribution in [3.05, 3.63) is 65.2 Å². The Morgan fingerprint density at radius 3 is 2.33 bits per heavy atom. The van der Waals surface area contributed by atoms with Crippen LogP contribution >= 0.6 is 0 Å². The molecule has 0 aromatic heterocycles. The quantitative estimate of drug-likeness (QED) is 0.641. The van der Waals surface area contributed by atoms with E-state index in [9.17, 15) is 10.1 Å². The Labute approximate surface area is 142 Å². The van der Waals surface area contributed by atoms with Gasteiger partial charge in [0.25, 0.3) is 5.91 Å². The first-order chi connectivity index (χ1) is 11.7. The van der Waals surface area contributed by atoms with Crippen LogP contribution in [0.5, 0.6) is 5.75 Å². The molecule has 2 aromatic carbocycles. The van der Waals surface area contributed by atoms with E-state index in [1.807, 2.05) is 61.5 Å². The standard InChI is InChI=1S/C20H20N2O2/c1-3-15-5-9-18(10-6-15)22-20(23)17(14-21)13-16-7-11-19(12-8-16)24-4-2/h5-13H,3-4H2,1-2H3,(H,22,23)/b17-13+.